The number of amides is 2. The Labute approximate surface area is 169 Å². The summed E-state index contributed by atoms with van der Waals surface area (Å²) in [4.78, 5) is 34.0. The number of hydrogen-bond donors (Lipinski definition) is 3. The molecule has 1 saturated heterocycles. The number of piperidine rings is 1. The van der Waals surface area contributed by atoms with Gasteiger partial charge in [0.15, 0.2) is 0 Å². The SMILES string of the molecule is CC(=O)Nc1ccc(NC(=O)C2CCN(Cc3nc4ccccc4[nH]3)CC2)cc1. The van der Waals surface area contributed by atoms with E-state index in [2.05, 4.69) is 25.5 Å². The van der Waals surface area contributed by atoms with Crippen molar-refractivity contribution in [3.63, 3.8) is 0 Å². The van der Waals surface area contributed by atoms with E-state index in [1.165, 1.54) is 6.92 Å². The van der Waals surface area contributed by atoms with Crippen LogP contribution in [0.1, 0.15) is 25.6 Å². The van der Waals surface area contributed by atoms with E-state index in [1.807, 2.05) is 24.3 Å². The first-order valence-electron chi connectivity index (χ1n) is 9.91. The molecular formula is C22H25N5O2. The number of rotatable bonds is 5. The topological polar surface area (TPSA) is 90.1 Å². The fourth-order valence-electron chi connectivity index (χ4n) is 3.73. The molecule has 7 heteroatoms. The number of hydrogen-bond acceptors (Lipinski definition) is 4. The van der Waals surface area contributed by atoms with E-state index < -0.39 is 0 Å². The van der Waals surface area contributed by atoms with Gasteiger partial charge in [0.05, 0.1) is 17.6 Å². The minimum absolute atomic E-state index is 0.0111. The molecule has 1 aliphatic rings. The minimum Gasteiger partial charge on any atom is -0.341 e. The molecule has 2 aromatic carbocycles. The minimum atomic E-state index is -0.115. The van der Waals surface area contributed by atoms with Gasteiger partial charge in [-0.2, -0.15) is 0 Å². The highest BCUT2D eigenvalue weighted by molar-refractivity contribution is 5.93. The number of anilines is 2. The molecule has 3 N–H and O–H groups in total. The van der Waals surface area contributed by atoms with Gasteiger partial charge in [-0.25, -0.2) is 4.98 Å². The van der Waals surface area contributed by atoms with Gasteiger partial charge in [-0.05, 0) is 62.3 Å². The van der Waals surface area contributed by atoms with Crippen molar-refractivity contribution < 1.29 is 9.59 Å². The highest BCUT2D eigenvalue weighted by atomic mass is 16.2. The van der Waals surface area contributed by atoms with Gasteiger partial charge >= 0.3 is 0 Å². The molecule has 0 radical (unpaired) electrons. The van der Waals surface area contributed by atoms with Gasteiger partial charge in [-0.3, -0.25) is 14.5 Å². The lowest BCUT2D eigenvalue weighted by atomic mass is 9.96. The average Bonchev–Trinajstić information content (AvgIpc) is 3.12. The van der Waals surface area contributed by atoms with E-state index in [9.17, 15) is 9.59 Å². The number of H-pyrrole nitrogens is 1. The normalized spacial score (nSPS) is 15.3. The molecule has 0 bridgehead atoms. The first kappa shape index (κ1) is 19.1. The molecule has 1 fully saturated rings. The maximum atomic E-state index is 12.6. The van der Waals surface area contributed by atoms with Crippen LogP contribution in [0.5, 0.6) is 0 Å². The largest absolute Gasteiger partial charge is 0.341 e. The molecule has 1 aliphatic heterocycles. The summed E-state index contributed by atoms with van der Waals surface area (Å²) < 4.78 is 0. The van der Waals surface area contributed by atoms with Gasteiger partial charge in [0.25, 0.3) is 0 Å². The van der Waals surface area contributed by atoms with Gasteiger partial charge in [0.2, 0.25) is 11.8 Å². The smallest absolute Gasteiger partial charge is 0.227 e. The number of likely N-dealkylation sites (tertiary alicyclic amines) is 1. The number of aromatic amines is 1. The molecule has 4 rings (SSSR count). The Bertz CT molecular complexity index is 970. The Morgan fingerprint density at radius 1 is 1.03 bits per heavy atom. The standard InChI is InChI=1S/C22H25N5O2/c1-15(28)23-17-6-8-18(9-7-17)24-22(29)16-10-12-27(13-11-16)14-21-25-19-4-2-3-5-20(19)26-21/h2-9,16H,10-14H2,1H3,(H,23,28)(H,24,29)(H,25,26). The molecule has 3 aromatic rings. The van der Waals surface area contributed by atoms with Crippen molar-refractivity contribution in [2.75, 3.05) is 23.7 Å². The number of nitrogens with one attached hydrogen (secondary N) is 3. The van der Waals surface area contributed by atoms with Crippen LogP contribution in [-0.2, 0) is 16.1 Å². The molecule has 2 heterocycles. The fraction of sp³-hybridized carbons (Fsp3) is 0.318. The van der Waals surface area contributed by atoms with E-state index in [-0.39, 0.29) is 17.7 Å². The third-order valence-corrected chi connectivity index (χ3v) is 5.24. The molecule has 7 nitrogen and oxygen atoms in total. The van der Waals surface area contributed by atoms with E-state index in [0.717, 1.165) is 60.7 Å². The number of imidazole rings is 1. The lowest BCUT2D eigenvalue weighted by molar-refractivity contribution is -0.121. The maximum absolute atomic E-state index is 12.6. The Morgan fingerprint density at radius 3 is 2.34 bits per heavy atom. The van der Waals surface area contributed by atoms with Gasteiger partial charge in [0.1, 0.15) is 5.82 Å². The lowest BCUT2D eigenvalue weighted by Gasteiger charge is -2.30. The summed E-state index contributed by atoms with van der Waals surface area (Å²) in [5.41, 5.74) is 3.51. The molecule has 1 aromatic heterocycles. The zero-order chi connectivity index (χ0) is 20.2. The summed E-state index contributed by atoms with van der Waals surface area (Å²) in [5.74, 6) is 0.919. The number of carbonyl (C=O) groups is 2. The monoisotopic (exact) mass is 391 g/mol. The van der Waals surface area contributed by atoms with Crippen molar-refractivity contribution >= 4 is 34.2 Å². The third-order valence-electron chi connectivity index (χ3n) is 5.24. The van der Waals surface area contributed by atoms with Crippen LogP contribution in [0.15, 0.2) is 48.5 Å². The van der Waals surface area contributed by atoms with Gasteiger partial charge in [-0.1, -0.05) is 12.1 Å². The van der Waals surface area contributed by atoms with Crippen LogP contribution in [0.2, 0.25) is 0 Å². The van der Waals surface area contributed by atoms with Crippen LogP contribution in [0.4, 0.5) is 11.4 Å². The summed E-state index contributed by atoms with van der Waals surface area (Å²) >= 11 is 0. The van der Waals surface area contributed by atoms with E-state index in [1.54, 1.807) is 24.3 Å². The molecule has 2 amide bonds. The highest BCUT2D eigenvalue weighted by Gasteiger charge is 2.25. The summed E-state index contributed by atoms with van der Waals surface area (Å²) in [7, 11) is 0. The first-order valence-corrected chi connectivity index (χ1v) is 9.91. The quantitative estimate of drug-likeness (QED) is 0.622. The number of carbonyl (C=O) groups excluding carboxylic acids is 2. The summed E-state index contributed by atoms with van der Waals surface area (Å²) in [5, 5.41) is 5.70. The van der Waals surface area contributed by atoms with Crippen LogP contribution < -0.4 is 10.6 Å². The van der Waals surface area contributed by atoms with E-state index in [4.69, 9.17) is 0 Å². The second-order valence-electron chi connectivity index (χ2n) is 7.50. The zero-order valence-corrected chi connectivity index (χ0v) is 16.4. The van der Waals surface area contributed by atoms with Crippen LogP contribution in [0.3, 0.4) is 0 Å². The second kappa shape index (κ2) is 8.45. The molecular weight excluding hydrogens is 366 g/mol. The number of fused-ring (bicyclic) bond motifs is 1. The molecule has 0 saturated carbocycles. The Balaban J connectivity index is 1.27. The summed E-state index contributed by atoms with van der Waals surface area (Å²) in [6, 6.07) is 15.2. The first-order chi connectivity index (χ1) is 14.1. The summed E-state index contributed by atoms with van der Waals surface area (Å²) in [6.07, 6.45) is 1.66. The number of para-hydroxylation sites is 2. The van der Waals surface area contributed by atoms with Crippen molar-refractivity contribution in [1.29, 1.82) is 0 Å². The molecule has 0 atom stereocenters. The van der Waals surface area contributed by atoms with Crippen LogP contribution in [0, 0.1) is 5.92 Å². The predicted molar refractivity (Wildman–Crippen MR) is 113 cm³/mol. The molecule has 0 unspecified atom stereocenters. The number of nitrogens with zero attached hydrogens (tertiary/aromatic N) is 2. The van der Waals surface area contributed by atoms with E-state index in [0.29, 0.717) is 0 Å². The zero-order valence-electron chi connectivity index (χ0n) is 16.4. The van der Waals surface area contributed by atoms with Crippen molar-refractivity contribution in [3.05, 3.63) is 54.4 Å². The van der Waals surface area contributed by atoms with Crippen LogP contribution in [0.25, 0.3) is 11.0 Å². The van der Waals surface area contributed by atoms with Crippen LogP contribution >= 0.6 is 0 Å². The van der Waals surface area contributed by atoms with Crippen molar-refractivity contribution in [2.24, 2.45) is 5.92 Å². The second-order valence-corrected chi connectivity index (χ2v) is 7.50. The average molecular weight is 391 g/mol. The Hall–Kier alpha value is -3.19. The van der Waals surface area contributed by atoms with Crippen molar-refractivity contribution in [1.82, 2.24) is 14.9 Å². The molecule has 29 heavy (non-hydrogen) atoms. The lowest BCUT2D eigenvalue weighted by Crippen LogP contribution is -2.38. The highest BCUT2D eigenvalue weighted by Crippen LogP contribution is 2.22. The maximum Gasteiger partial charge on any atom is 0.227 e. The Kier molecular flexibility index (Phi) is 5.57. The third kappa shape index (κ3) is 4.81. The Morgan fingerprint density at radius 2 is 1.69 bits per heavy atom. The predicted octanol–water partition coefficient (Wildman–Crippen LogP) is 3.37. The summed E-state index contributed by atoms with van der Waals surface area (Å²) in [6.45, 7) is 3.98. The van der Waals surface area contributed by atoms with Crippen LogP contribution in [-0.4, -0.2) is 39.8 Å². The molecule has 150 valence electrons. The van der Waals surface area contributed by atoms with Gasteiger partial charge < -0.3 is 15.6 Å². The van der Waals surface area contributed by atoms with Crippen molar-refractivity contribution in [2.45, 2.75) is 26.3 Å². The fourth-order valence-corrected chi connectivity index (χ4v) is 3.73. The molecule has 0 spiro atoms. The van der Waals surface area contributed by atoms with Crippen molar-refractivity contribution in [3.8, 4) is 0 Å². The number of benzene rings is 2. The molecule has 0 aliphatic carbocycles. The van der Waals surface area contributed by atoms with Gasteiger partial charge in [0, 0.05) is 24.2 Å². The van der Waals surface area contributed by atoms with Gasteiger partial charge in [-0.15, -0.1) is 0 Å². The number of aromatic nitrogens is 2. The van der Waals surface area contributed by atoms with E-state index >= 15 is 0 Å².